The molecule has 0 fully saturated rings. The van der Waals surface area contributed by atoms with Crippen molar-refractivity contribution in [2.75, 3.05) is 11.4 Å². The van der Waals surface area contributed by atoms with E-state index >= 15 is 0 Å². The molecule has 2 unspecified atom stereocenters. The lowest BCUT2D eigenvalue weighted by atomic mass is 9.92. The third-order valence-electron chi connectivity index (χ3n) is 3.76. The van der Waals surface area contributed by atoms with Crippen molar-refractivity contribution in [3.63, 3.8) is 0 Å². The Bertz CT molecular complexity index is 447. The van der Waals surface area contributed by atoms with Crippen LogP contribution in [0.15, 0.2) is 24.3 Å². The maximum atomic E-state index is 12.0. The fraction of sp³-hybridized carbons (Fsp3) is 0.533. The molecule has 0 saturated heterocycles. The second kappa shape index (κ2) is 6.06. The normalized spacial score (nSPS) is 19.7. The highest BCUT2D eigenvalue weighted by Crippen LogP contribution is 2.31. The first-order valence-electron chi connectivity index (χ1n) is 7.02. The Morgan fingerprint density at radius 3 is 2.95 bits per heavy atom. The van der Waals surface area contributed by atoms with Crippen LogP contribution in [0.3, 0.4) is 0 Å². The Morgan fingerprint density at radius 1 is 1.53 bits per heavy atom. The van der Waals surface area contributed by atoms with E-state index in [2.05, 4.69) is 42.4 Å². The summed E-state index contributed by atoms with van der Waals surface area (Å²) in [6.45, 7) is 5.23. The highest BCUT2D eigenvalue weighted by Gasteiger charge is 2.30. The number of hydrogen-bond donors (Lipinski definition) is 2. The minimum Gasteiger partial charge on any atom is -0.359 e. The van der Waals surface area contributed by atoms with Gasteiger partial charge >= 0.3 is 0 Å². The zero-order valence-corrected chi connectivity index (χ0v) is 11.7. The van der Waals surface area contributed by atoms with Gasteiger partial charge in [0.05, 0.1) is 0 Å². The molecule has 3 N–H and O–H groups in total. The molecule has 1 aliphatic rings. The minimum absolute atomic E-state index is 0.0919. The number of hydrogen-bond acceptors (Lipinski definition) is 3. The SMILES string of the molecule is CCCC(C(=O)NN)N1CC(C)Cc2ccccc21. The van der Waals surface area contributed by atoms with Crippen LogP contribution >= 0.6 is 0 Å². The molecule has 4 heteroatoms. The topological polar surface area (TPSA) is 58.4 Å². The molecule has 104 valence electrons. The van der Waals surface area contributed by atoms with Crippen molar-refractivity contribution in [3.8, 4) is 0 Å². The van der Waals surface area contributed by atoms with Crippen molar-refractivity contribution in [1.82, 2.24) is 5.43 Å². The van der Waals surface area contributed by atoms with Gasteiger partial charge in [-0.15, -0.1) is 0 Å². The van der Waals surface area contributed by atoms with Crippen LogP contribution in [0.5, 0.6) is 0 Å². The Balaban J connectivity index is 2.34. The van der Waals surface area contributed by atoms with Crippen LogP contribution < -0.4 is 16.2 Å². The number of rotatable bonds is 4. The van der Waals surface area contributed by atoms with E-state index in [0.717, 1.165) is 25.8 Å². The lowest BCUT2D eigenvalue weighted by Gasteiger charge is -2.39. The highest BCUT2D eigenvalue weighted by molar-refractivity contribution is 5.85. The summed E-state index contributed by atoms with van der Waals surface area (Å²) in [6.07, 6.45) is 2.87. The summed E-state index contributed by atoms with van der Waals surface area (Å²) < 4.78 is 0. The van der Waals surface area contributed by atoms with Crippen LogP contribution in [0.2, 0.25) is 0 Å². The molecule has 0 spiro atoms. The molecular formula is C15H23N3O. The first-order chi connectivity index (χ1) is 9.17. The summed E-state index contributed by atoms with van der Waals surface area (Å²) in [5.74, 6) is 5.80. The van der Waals surface area contributed by atoms with Gasteiger partial charge in [-0.05, 0) is 30.4 Å². The number of benzene rings is 1. The van der Waals surface area contributed by atoms with Crippen LogP contribution in [0.4, 0.5) is 5.69 Å². The van der Waals surface area contributed by atoms with E-state index < -0.39 is 0 Å². The van der Waals surface area contributed by atoms with Gasteiger partial charge in [0.2, 0.25) is 0 Å². The van der Waals surface area contributed by atoms with Gasteiger partial charge in [0, 0.05) is 12.2 Å². The van der Waals surface area contributed by atoms with E-state index in [9.17, 15) is 4.79 Å². The van der Waals surface area contributed by atoms with Gasteiger partial charge in [0.25, 0.3) is 5.91 Å². The first-order valence-corrected chi connectivity index (χ1v) is 7.02. The van der Waals surface area contributed by atoms with Gasteiger partial charge in [-0.3, -0.25) is 10.2 Å². The fourth-order valence-corrected chi connectivity index (χ4v) is 2.93. The number of nitrogens with two attached hydrogens (primary N) is 1. The molecule has 2 atom stereocenters. The van der Waals surface area contributed by atoms with Crippen molar-refractivity contribution in [1.29, 1.82) is 0 Å². The van der Waals surface area contributed by atoms with E-state index in [0.29, 0.717) is 5.92 Å². The van der Waals surface area contributed by atoms with Crippen LogP contribution in [-0.4, -0.2) is 18.5 Å². The number of hydrazine groups is 1. The first kappa shape index (κ1) is 13.9. The Labute approximate surface area is 114 Å². The fourth-order valence-electron chi connectivity index (χ4n) is 2.93. The van der Waals surface area contributed by atoms with Crippen LogP contribution in [0.1, 0.15) is 32.3 Å². The van der Waals surface area contributed by atoms with Crippen LogP contribution in [0.25, 0.3) is 0 Å². The summed E-state index contributed by atoms with van der Waals surface area (Å²) in [6, 6.07) is 8.19. The largest absolute Gasteiger partial charge is 0.359 e. The van der Waals surface area contributed by atoms with Gasteiger partial charge in [-0.25, -0.2) is 5.84 Å². The monoisotopic (exact) mass is 261 g/mol. The number of amides is 1. The Morgan fingerprint density at radius 2 is 2.26 bits per heavy atom. The predicted octanol–water partition coefficient (Wildman–Crippen LogP) is 1.84. The summed E-state index contributed by atoms with van der Waals surface area (Å²) in [5.41, 5.74) is 4.82. The summed E-state index contributed by atoms with van der Waals surface area (Å²) in [5, 5.41) is 0. The highest BCUT2D eigenvalue weighted by atomic mass is 16.2. The lowest BCUT2D eigenvalue weighted by molar-refractivity contribution is -0.122. The maximum absolute atomic E-state index is 12.0. The third-order valence-corrected chi connectivity index (χ3v) is 3.76. The van der Waals surface area contributed by atoms with Crippen molar-refractivity contribution >= 4 is 11.6 Å². The summed E-state index contributed by atoms with van der Waals surface area (Å²) >= 11 is 0. The van der Waals surface area contributed by atoms with Crippen molar-refractivity contribution in [2.24, 2.45) is 11.8 Å². The maximum Gasteiger partial charge on any atom is 0.256 e. The van der Waals surface area contributed by atoms with Crippen molar-refractivity contribution in [3.05, 3.63) is 29.8 Å². The molecule has 0 radical (unpaired) electrons. The number of nitrogens with one attached hydrogen (secondary N) is 1. The Hall–Kier alpha value is -1.55. The van der Waals surface area contributed by atoms with Crippen LogP contribution in [-0.2, 0) is 11.2 Å². The number of carbonyl (C=O) groups is 1. The third kappa shape index (κ3) is 2.89. The predicted molar refractivity (Wildman–Crippen MR) is 77.7 cm³/mol. The molecule has 1 heterocycles. The minimum atomic E-state index is -0.168. The number of carbonyl (C=O) groups excluding carboxylic acids is 1. The van der Waals surface area contributed by atoms with E-state index in [1.54, 1.807) is 0 Å². The van der Waals surface area contributed by atoms with Gasteiger partial charge in [-0.2, -0.15) is 0 Å². The average molecular weight is 261 g/mol. The molecule has 0 aliphatic carbocycles. The molecule has 0 saturated carbocycles. The molecule has 1 aromatic carbocycles. The quantitative estimate of drug-likeness (QED) is 0.494. The summed E-state index contributed by atoms with van der Waals surface area (Å²) in [7, 11) is 0. The van der Waals surface area contributed by atoms with Crippen LogP contribution in [0, 0.1) is 5.92 Å². The van der Waals surface area contributed by atoms with E-state index in [1.807, 2.05) is 6.07 Å². The van der Waals surface area contributed by atoms with Crippen molar-refractivity contribution in [2.45, 2.75) is 39.2 Å². The molecule has 2 rings (SSSR count). The van der Waals surface area contributed by atoms with Crippen molar-refractivity contribution < 1.29 is 4.79 Å². The van der Waals surface area contributed by atoms with Gasteiger partial charge < -0.3 is 4.90 Å². The number of nitrogens with zero attached hydrogens (tertiary/aromatic N) is 1. The van der Waals surface area contributed by atoms with E-state index in [1.165, 1.54) is 11.3 Å². The average Bonchev–Trinajstić information content (AvgIpc) is 2.43. The number of para-hydroxylation sites is 1. The van der Waals surface area contributed by atoms with Gasteiger partial charge in [0.15, 0.2) is 0 Å². The zero-order valence-electron chi connectivity index (χ0n) is 11.7. The molecule has 1 amide bonds. The molecule has 1 aliphatic heterocycles. The Kier molecular flexibility index (Phi) is 4.43. The molecule has 1 aromatic rings. The lowest BCUT2D eigenvalue weighted by Crippen LogP contribution is -2.52. The molecular weight excluding hydrogens is 238 g/mol. The zero-order chi connectivity index (χ0) is 13.8. The number of anilines is 1. The summed E-state index contributed by atoms with van der Waals surface area (Å²) in [4.78, 5) is 14.3. The molecule has 19 heavy (non-hydrogen) atoms. The standard InChI is InChI=1S/C15H23N3O/c1-3-6-14(15(19)17-16)18-10-11(2)9-12-7-4-5-8-13(12)18/h4-5,7-8,11,14H,3,6,9-10,16H2,1-2H3,(H,17,19). The van der Waals surface area contributed by atoms with Gasteiger partial charge in [0.1, 0.15) is 6.04 Å². The smallest absolute Gasteiger partial charge is 0.256 e. The second-order valence-electron chi connectivity index (χ2n) is 5.40. The molecule has 0 aromatic heterocycles. The molecule has 4 nitrogen and oxygen atoms in total. The van der Waals surface area contributed by atoms with Gasteiger partial charge in [-0.1, -0.05) is 38.5 Å². The second-order valence-corrected chi connectivity index (χ2v) is 5.40. The van der Waals surface area contributed by atoms with E-state index in [4.69, 9.17) is 5.84 Å². The van der Waals surface area contributed by atoms with E-state index in [-0.39, 0.29) is 11.9 Å². The molecule has 0 bridgehead atoms. The number of fused-ring (bicyclic) bond motifs is 1.